The molecule has 0 heterocycles. The molecule has 0 atom stereocenters. The molecule has 0 aromatic heterocycles. The quantitative estimate of drug-likeness (QED) is 0.344. The zero-order valence-electron chi connectivity index (χ0n) is 20.4. The number of hydrogen-bond acceptors (Lipinski definition) is 4. The maximum atomic E-state index is 12.4. The number of nitrogens with one attached hydrogen (secondary N) is 2. The van der Waals surface area contributed by atoms with E-state index in [4.69, 9.17) is 15.2 Å². The zero-order chi connectivity index (χ0) is 25.2. The van der Waals surface area contributed by atoms with E-state index < -0.39 is 5.91 Å². The van der Waals surface area contributed by atoms with E-state index in [2.05, 4.69) is 10.6 Å². The van der Waals surface area contributed by atoms with E-state index in [1.165, 1.54) is 19.3 Å². The van der Waals surface area contributed by atoms with Crippen LogP contribution < -0.4 is 25.8 Å². The van der Waals surface area contributed by atoms with Crippen LogP contribution in [-0.2, 0) is 13.2 Å². The summed E-state index contributed by atoms with van der Waals surface area (Å²) in [6, 6.07) is 22.0. The summed E-state index contributed by atoms with van der Waals surface area (Å²) in [6.45, 7) is 1.31. The third-order valence-electron chi connectivity index (χ3n) is 6.32. The van der Waals surface area contributed by atoms with Crippen molar-refractivity contribution < 1.29 is 19.1 Å². The predicted octanol–water partition coefficient (Wildman–Crippen LogP) is 5.65. The smallest absolute Gasteiger partial charge is 0.319 e. The van der Waals surface area contributed by atoms with Gasteiger partial charge in [-0.2, -0.15) is 0 Å². The van der Waals surface area contributed by atoms with E-state index in [0.717, 1.165) is 29.7 Å². The van der Waals surface area contributed by atoms with Crippen LogP contribution in [0.4, 0.5) is 10.5 Å². The molecule has 1 aliphatic carbocycles. The van der Waals surface area contributed by atoms with Crippen molar-refractivity contribution in [2.75, 3.05) is 11.9 Å². The van der Waals surface area contributed by atoms with E-state index in [9.17, 15) is 9.59 Å². The second kappa shape index (κ2) is 12.6. The summed E-state index contributed by atoms with van der Waals surface area (Å²) in [6.07, 6.45) is 6.07. The number of ether oxygens (including phenoxy) is 2. The average molecular weight is 488 g/mol. The van der Waals surface area contributed by atoms with Crippen molar-refractivity contribution in [3.63, 3.8) is 0 Å². The van der Waals surface area contributed by atoms with Gasteiger partial charge in [-0.25, -0.2) is 4.79 Å². The van der Waals surface area contributed by atoms with Gasteiger partial charge in [0.05, 0.1) is 12.2 Å². The van der Waals surface area contributed by atoms with Gasteiger partial charge in [0.15, 0.2) is 0 Å². The Kier molecular flexibility index (Phi) is 8.81. The first kappa shape index (κ1) is 25.1. The number of primary amides is 1. The molecule has 0 bridgehead atoms. The second-order valence-electron chi connectivity index (χ2n) is 9.12. The van der Waals surface area contributed by atoms with Crippen LogP contribution >= 0.6 is 0 Å². The van der Waals surface area contributed by atoms with Gasteiger partial charge in [0.25, 0.3) is 5.91 Å². The van der Waals surface area contributed by atoms with Gasteiger partial charge in [0.2, 0.25) is 0 Å². The number of anilines is 1. The molecule has 0 radical (unpaired) electrons. The Morgan fingerprint density at radius 3 is 2.33 bits per heavy atom. The summed E-state index contributed by atoms with van der Waals surface area (Å²) in [5.74, 6) is 1.19. The molecule has 3 aromatic carbocycles. The minimum absolute atomic E-state index is 0.243. The summed E-state index contributed by atoms with van der Waals surface area (Å²) in [7, 11) is 0. The van der Waals surface area contributed by atoms with Crippen molar-refractivity contribution in [1.82, 2.24) is 5.32 Å². The fraction of sp³-hybridized carbons (Fsp3) is 0.310. The molecular weight excluding hydrogens is 454 g/mol. The SMILES string of the molecule is NC(=O)c1cc(CNC(=O)Nc2ccc(OCc3ccccc3)cc2)ccc1OCC1CCCCC1. The highest BCUT2D eigenvalue weighted by atomic mass is 16.5. The zero-order valence-corrected chi connectivity index (χ0v) is 20.4. The van der Waals surface area contributed by atoms with Gasteiger partial charge >= 0.3 is 6.03 Å². The largest absolute Gasteiger partial charge is 0.492 e. The van der Waals surface area contributed by atoms with Gasteiger partial charge in [-0.15, -0.1) is 0 Å². The van der Waals surface area contributed by atoms with E-state index in [1.807, 2.05) is 48.5 Å². The van der Waals surface area contributed by atoms with Crippen LogP contribution in [0.15, 0.2) is 72.8 Å². The molecule has 7 heteroatoms. The van der Waals surface area contributed by atoms with Crippen LogP contribution in [0.5, 0.6) is 11.5 Å². The normalized spacial score (nSPS) is 13.6. The number of nitrogens with two attached hydrogens (primary N) is 1. The van der Waals surface area contributed by atoms with E-state index in [0.29, 0.717) is 36.1 Å². The predicted molar refractivity (Wildman–Crippen MR) is 140 cm³/mol. The molecule has 188 valence electrons. The van der Waals surface area contributed by atoms with Crippen molar-refractivity contribution in [1.29, 1.82) is 0 Å². The van der Waals surface area contributed by atoms with Gasteiger partial charge < -0.3 is 25.8 Å². The molecule has 0 saturated heterocycles. The molecule has 0 spiro atoms. The molecule has 7 nitrogen and oxygen atoms in total. The Balaban J connectivity index is 1.25. The number of urea groups is 1. The minimum Gasteiger partial charge on any atom is -0.492 e. The topological polar surface area (TPSA) is 103 Å². The molecule has 1 aliphatic rings. The highest BCUT2D eigenvalue weighted by molar-refractivity contribution is 5.96. The van der Waals surface area contributed by atoms with Crippen LogP contribution in [0.25, 0.3) is 0 Å². The first-order valence-corrected chi connectivity index (χ1v) is 12.4. The van der Waals surface area contributed by atoms with Gasteiger partial charge in [-0.1, -0.05) is 55.7 Å². The van der Waals surface area contributed by atoms with Gasteiger partial charge in [-0.05, 0) is 66.3 Å². The summed E-state index contributed by atoms with van der Waals surface area (Å²) in [5.41, 5.74) is 8.40. The fourth-order valence-corrected chi connectivity index (χ4v) is 4.30. The van der Waals surface area contributed by atoms with Crippen molar-refractivity contribution in [2.45, 2.75) is 45.3 Å². The van der Waals surface area contributed by atoms with Gasteiger partial charge in [0.1, 0.15) is 18.1 Å². The Hall–Kier alpha value is -4.00. The lowest BCUT2D eigenvalue weighted by molar-refractivity contribution is 0.0994. The maximum absolute atomic E-state index is 12.4. The fourth-order valence-electron chi connectivity index (χ4n) is 4.30. The van der Waals surface area contributed by atoms with Crippen molar-refractivity contribution >= 4 is 17.6 Å². The van der Waals surface area contributed by atoms with E-state index in [1.54, 1.807) is 24.3 Å². The van der Waals surface area contributed by atoms with Crippen molar-refractivity contribution in [3.8, 4) is 11.5 Å². The van der Waals surface area contributed by atoms with E-state index in [-0.39, 0.29) is 12.6 Å². The Morgan fingerprint density at radius 2 is 1.61 bits per heavy atom. The Morgan fingerprint density at radius 1 is 0.861 bits per heavy atom. The third-order valence-corrected chi connectivity index (χ3v) is 6.32. The Bertz CT molecular complexity index is 1140. The summed E-state index contributed by atoms with van der Waals surface area (Å²) >= 11 is 0. The standard InChI is InChI=1S/C29H33N3O4/c30-28(33)26-17-23(11-16-27(26)36-20-22-9-5-2-6-10-22)18-31-29(34)32-24-12-14-25(15-13-24)35-19-21-7-3-1-4-8-21/h1,3-4,7-8,11-17,22H,2,5-6,9-10,18-20H2,(H2,30,33)(H2,31,32,34). The van der Waals surface area contributed by atoms with Crippen LogP contribution in [0.1, 0.15) is 53.6 Å². The van der Waals surface area contributed by atoms with Crippen molar-refractivity contribution in [2.24, 2.45) is 11.7 Å². The van der Waals surface area contributed by atoms with E-state index >= 15 is 0 Å². The molecule has 36 heavy (non-hydrogen) atoms. The number of benzene rings is 3. The Labute approximate surface area is 212 Å². The average Bonchev–Trinajstić information content (AvgIpc) is 2.91. The van der Waals surface area contributed by atoms with Crippen LogP contribution in [-0.4, -0.2) is 18.5 Å². The minimum atomic E-state index is -0.547. The van der Waals surface area contributed by atoms with Crippen molar-refractivity contribution in [3.05, 3.63) is 89.5 Å². The van der Waals surface area contributed by atoms with Crippen LogP contribution in [0.3, 0.4) is 0 Å². The molecular formula is C29H33N3O4. The lowest BCUT2D eigenvalue weighted by Crippen LogP contribution is -2.28. The monoisotopic (exact) mass is 487 g/mol. The number of rotatable bonds is 10. The van der Waals surface area contributed by atoms with Gasteiger partial charge in [0, 0.05) is 12.2 Å². The molecule has 4 N–H and O–H groups in total. The second-order valence-corrected chi connectivity index (χ2v) is 9.12. The first-order chi connectivity index (χ1) is 17.6. The lowest BCUT2D eigenvalue weighted by atomic mass is 9.90. The highest BCUT2D eigenvalue weighted by Gasteiger charge is 2.17. The van der Waals surface area contributed by atoms with Gasteiger partial charge in [-0.3, -0.25) is 4.79 Å². The highest BCUT2D eigenvalue weighted by Crippen LogP contribution is 2.26. The first-order valence-electron chi connectivity index (χ1n) is 12.4. The third kappa shape index (κ3) is 7.50. The summed E-state index contributed by atoms with van der Waals surface area (Å²) in [5, 5.41) is 5.60. The summed E-state index contributed by atoms with van der Waals surface area (Å²) < 4.78 is 11.7. The number of carbonyl (C=O) groups is 2. The number of amides is 3. The van der Waals surface area contributed by atoms with Crippen LogP contribution in [0, 0.1) is 5.92 Å². The summed E-state index contributed by atoms with van der Waals surface area (Å²) in [4.78, 5) is 24.4. The molecule has 1 saturated carbocycles. The molecule has 0 aliphatic heterocycles. The number of hydrogen-bond donors (Lipinski definition) is 3. The molecule has 4 rings (SSSR count). The lowest BCUT2D eigenvalue weighted by Gasteiger charge is -2.22. The number of carbonyl (C=O) groups excluding carboxylic acids is 2. The molecule has 0 unspecified atom stereocenters. The maximum Gasteiger partial charge on any atom is 0.319 e. The van der Waals surface area contributed by atoms with Crippen LogP contribution in [0.2, 0.25) is 0 Å². The molecule has 3 amide bonds. The molecule has 1 fully saturated rings. The molecule has 3 aromatic rings.